The minimum Gasteiger partial charge on any atom is -0.271 e. The van der Waals surface area contributed by atoms with Gasteiger partial charge in [0.15, 0.2) is 0 Å². The van der Waals surface area contributed by atoms with E-state index in [2.05, 4.69) is 10.5 Å². The molecule has 1 amide bonds. The number of halogens is 1. The molecule has 0 unspecified atom stereocenters. The fraction of sp³-hybridized carbons (Fsp3) is 0.0909. The Kier molecular flexibility index (Phi) is 6.87. The van der Waals surface area contributed by atoms with Gasteiger partial charge in [0.2, 0.25) is 0 Å². The van der Waals surface area contributed by atoms with Gasteiger partial charge in [-0.2, -0.15) is 5.10 Å². The molecule has 0 aliphatic heterocycles. The summed E-state index contributed by atoms with van der Waals surface area (Å²) in [6.07, 6.45) is 1.50. The molecular weight excluding hydrogens is 422 g/mol. The second kappa shape index (κ2) is 9.56. The molecule has 0 spiro atoms. The molecule has 0 atom stereocenters. The van der Waals surface area contributed by atoms with Crippen LogP contribution in [0.15, 0.2) is 88.9 Å². The van der Waals surface area contributed by atoms with Crippen LogP contribution in [0.4, 0.5) is 5.69 Å². The maximum Gasteiger partial charge on any atom is 0.264 e. The van der Waals surface area contributed by atoms with Crippen LogP contribution in [0.25, 0.3) is 0 Å². The van der Waals surface area contributed by atoms with Gasteiger partial charge < -0.3 is 0 Å². The van der Waals surface area contributed by atoms with Crippen molar-refractivity contribution in [1.82, 2.24) is 5.43 Å². The van der Waals surface area contributed by atoms with Gasteiger partial charge >= 0.3 is 0 Å². The summed E-state index contributed by atoms with van der Waals surface area (Å²) in [6.45, 7) is 1.53. The van der Waals surface area contributed by atoms with Crippen molar-refractivity contribution in [3.8, 4) is 0 Å². The molecule has 3 aromatic carbocycles. The quantitative estimate of drug-likeness (QED) is 0.444. The summed E-state index contributed by atoms with van der Waals surface area (Å²) in [5.74, 6) is -0.576. The monoisotopic (exact) mass is 441 g/mol. The standard InChI is InChI=1S/C22H20ClN3O3S/c1-17-7-9-18(10-8-17)15-24-25-22(27)16-26(20-13-11-19(23)12-14-20)30(28,29)21-5-3-2-4-6-21/h2-15H,16H2,1H3,(H,25,27)/b24-15+. The molecule has 30 heavy (non-hydrogen) atoms. The predicted octanol–water partition coefficient (Wildman–Crippen LogP) is 3.99. The van der Waals surface area contributed by atoms with Gasteiger partial charge in [-0.1, -0.05) is 59.6 Å². The lowest BCUT2D eigenvalue weighted by atomic mass is 10.2. The van der Waals surface area contributed by atoms with Crippen LogP contribution in [0, 0.1) is 6.92 Å². The third kappa shape index (κ3) is 5.46. The van der Waals surface area contributed by atoms with Gasteiger partial charge in [0, 0.05) is 5.02 Å². The number of benzene rings is 3. The van der Waals surface area contributed by atoms with Gasteiger partial charge in [-0.25, -0.2) is 13.8 Å². The summed E-state index contributed by atoms with van der Waals surface area (Å²) in [5, 5.41) is 4.38. The Morgan fingerprint density at radius 2 is 1.63 bits per heavy atom. The SMILES string of the molecule is Cc1ccc(/C=N/NC(=O)CN(c2ccc(Cl)cc2)S(=O)(=O)c2ccccc2)cc1. The third-order valence-electron chi connectivity index (χ3n) is 4.21. The molecule has 8 heteroatoms. The second-order valence-corrected chi connectivity index (χ2v) is 8.80. The van der Waals surface area contributed by atoms with Crippen LogP contribution in [-0.2, 0) is 14.8 Å². The number of hydrogen-bond acceptors (Lipinski definition) is 4. The van der Waals surface area contributed by atoms with E-state index in [-0.39, 0.29) is 4.90 Å². The summed E-state index contributed by atoms with van der Waals surface area (Å²) >= 11 is 5.92. The van der Waals surface area contributed by atoms with Crippen molar-refractivity contribution in [2.75, 3.05) is 10.8 Å². The minimum absolute atomic E-state index is 0.0795. The summed E-state index contributed by atoms with van der Waals surface area (Å²) in [5.41, 5.74) is 4.62. The number of carbonyl (C=O) groups excluding carboxylic acids is 1. The molecule has 6 nitrogen and oxygen atoms in total. The largest absolute Gasteiger partial charge is 0.271 e. The topological polar surface area (TPSA) is 78.8 Å². The zero-order chi connectivity index (χ0) is 21.6. The average molecular weight is 442 g/mol. The molecule has 0 aromatic heterocycles. The highest BCUT2D eigenvalue weighted by Gasteiger charge is 2.27. The number of sulfonamides is 1. The number of rotatable bonds is 7. The van der Waals surface area contributed by atoms with Gasteiger partial charge in [0.25, 0.3) is 15.9 Å². The number of amides is 1. The van der Waals surface area contributed by atoms with E-state index in [1.54, 1.807) is 42.5 Å². The molecule has 0 saturated carbocycles. The molecule has 0 heterocycles. The zero-order valence-corrected chi connectivity index (χ0v) is 17.8. The van der Waals surface area contributed by atoms with Gasteiger partial charge in [0.05, 0.1) is 16.8 Å². The van der Waals surface area contributed by atoms with Crippen LogP contribution in [0.2, 0.25) is 5.02 Å². The van der Waals surface area contributed by atoms with E-state index in [1.807, 2.05) is 31.2 Å². The molecule has 0 saturated heterocycles. The number of nitrogens with zero attached hydrogens (tertiary/aromatic N) is 2. The fourth-order valence-electron chi connectivity index (χ4n) is 2.64. The Bertz CT molecular complexity index is 1130. The van der Waals surface area contributed by atoms with Crippen molar-refractivity contribution in [1.29, 1.82) is 0 Å². The molecule has 3 aromatic rings. The van der Waals surface area contributed by atoms with Gasteiger partial charge in [-0.15, -0.1) is 0 Å². The molecule has 0 fully saturated rings. The smallest absolute Gasteiger partial charge is 0.264 e. The summed E-state index contributed by atoms with van der Waals surface area (Å²) in [6, 6.07) is 21.7. The first-order valence-electron chi connectivity index (χ1n) is 9.08. The van der Waals surface area contributed by atoms with Crippen LogP contribution in [0.1, 0.15) is 11.1 Å². The lowest BCUT2D eigenvalue weighted by Crippen LogP contribution is -2.39. The van der Waals surface area contributed by atoms with E-state index in [9.17, 15) is 13.2 Å². The first-order valence-corrected chi connectivity index (χ1v) is 10.9. The maximum atomic E-state index is 13.2. The minimum atomic E-state index is -3.97. The highest BCUT2D eigenvalue weighted by atomic mass is 35.5. The van der Waals surface area contributed by atoms with E-state index in [0.717, 1.165) is 15.4 Å². The van der Waals surface area contributed by atoms with E-state index in [4.69, 9.17) is 11.6 Å². The third-order valence-corrected chi connectivity index (χ3v) is 6.25. The number of anilines is 1. The Morgan fingerprint density at radius 3 is 2.27 bits per heavy atom. The van der Waals surface area contributed by atoms with Gasteiger partial charge in [0.1, 0.15) is 6.54 Å². The molecular formula is C22H20ClN3O3S. The van der Waals surface area contributed by atoms with E-state index in [0.29, 0.717) is 10.7 Å². The zero-order valence-electron chi connectivity index (χ0n) is 16.2. The number of nitrogens with one attached hydrogen (secondary N) is 1. The van der Waals surface area contributed by atoms with E-state index >= 15 is 0 Å². The van der Waals surface area contributed by atoms with Crippen LogP contribution in [0.5, 0.6) is 0 Å². The first kappa shape index (κ1) is 21.5. The maximum absolute atomic E-state index is 13.2. The molecule has 0 aliphatic carbocycles. The summed E-state index contributed by atoms with van der Waals surface area (Å²) in [4.78, 5) is 12.5. The Morgan fingerprint density at radius 1 is 1.00 bits per heavy atom. The van der Waals surface area contributed by atoms with Gasteiger partial charge in [-0.3, -0.25) is 9.10 Å². The Hall–Kier alpha value is -3.16. The summed E-state index contributed by atoms with van der Waals surface area (Å²) in [7, 11) is -3.97. The number of hydrazone groups is 1. The molecule has 0 aliphatic rings. The first-order chi connectivity index (χ1) is 14.4. The highest BCUT2D eigenvalue weighted by Crippen LogP contribution is 2.24. The van der Waals surface area contributed by atoms with Crippen molar-refractivity contribution in [2.24, 2.45) is 5.10 Å². The van der Waals surface area contributed by atoms with Crippen LogP contribution >= 0.6 is 11.6 Å². The second-order valence-electron chi connectivity index (χ2n) is 6.51. The van der Waals surface area contributed by atoms with Crippen LogP contribution in [0.3, 0.4) is 0 Å². The van der Waals surface area contributed by atoms with Crippen molar-refractivity contribution >= 4 is 39.4 Å². The average Bonchev–Trinajstić information content (AvgIpc) is 2.75. The number of carbonyl (C=O) groups is 1. The number of hydrogen-bond donors (Lipinski definition) is 1. The van der Waals surface area contributed by atoms with Crippen LogP contribution < -0.4 is 9.73 Å². The van der Waals surface area contributed by atoms with Crippen molar-refractivity contribution in [3.63, 3.8) is 0 Å². The Labute approximate surface area is 180 Å². The van der Waals surface area contributed by atoms with Crippen molar-refractivity contribution in [3.05, 3.63) is 95.0 Å². The Balaban J connectivity index is 1.81. The highest BCUT2D eigenvalue weighted by molar-refractivity contribution is 7.92. The van der Waals surface area contributed by atoms with Crippen LogP contribution in [-0.4, -0.2) is 27.1 Å². The predicted molar refractivity (Wildman–Crippen MR) is 119 cm³/mol. The van der Waals surface area contributed by atoms with Crippen molar-refractivity contribution in [2.45, 2.75) is 11.8 Å². The van der Waals surface area contributed by atoms with E-state index in [1.165, 1.54) is 18.3 Å². The molecule has 0 radical (unpaired) electrons. The normalized spacial score (nSPS) is 11.4. The molecule has 0 bridgehead atoms. The lowest BCUT2D eigenvalue weighted by Gasteiger charge is -2.23. The van der Waals surface area contributed by atoms with E-state index < -0.39 is 22.5 Å². The molecule has 154 valence electrons. The fourth-order valence-corrected chi connectivity index (χ4v) is 4.21. The molecule has 3 rings (SSSR count). The van der Waals surface area contributed by atoms with Crippen molar-refractivity contribution < 1.29 is 13.2 Å². The van der Waals surface area contributed by atoms with Gasteiger partial charge in [-0.05, 0) is 48.9 Å². The summed E-state index contributed by atoms with van der Waals surface area (Å²) < 4.78 is 27.3. The molecule has 1 N–H and O–H groups in total. The number of aryl methyl sites for hydroxylation is 1. The lowest BCUT2D eigenvalue weighted by molar-refractivity contribution is -0.119.